The molecule has 0 saturated carbocycles. The number of nitrogens with zero attached hydrogens (tertiary/aromatic N) is 2. The summed E-state index contributed by atoms with van der Waals surface area (Å²) in [6, 6.07) is 14.2. The van der Waals surface area contributed by atoms with Gasteiger partial charge in [0.15, 0.2) is 0 Å². The van der Waals surface area contributed by atoms with Gasteiger partial charge in [0.1, 0.15) is 0 Å². The molecule has 1 fully saturated rings. The Hall–Kier alpha value is -2.22. The van der Waals surface area contributed by atoms with Crippen molar-refractivity contribution in [2.45, 2.75) is 49.6 Å². The number of sulfonamides is 1. The number of hydrogen-bond donors (Lipinski definition) is 0. The molecule has 1 amide bonds. The summed E-state index contributed by atoms with van der Waals surface area (Å²) in [6.45, 7) is 2.97. The fraction of sp³-hybridized carbons (Fsp3) is 0.435. The van der Waals surface area contributed by atoms with Crippen molar-refractivity contribution in [1.82, 2.24) is 4.31 Å². The fourth-order valence-electron chi connectivity index (χ4n) is 4.40. The van der Waals surface area contributed by atoms with Gasteiger partial charge in [-0.25, -0.2) is 8.42 Å². The normalized spacial score (nSPS) is 22.5. The van der Waals surface area contributed by atoms with Crippen LogP contribution in [0.15, 0.2) is 53.4 Å². The first-order valence-corrected chi connectivity index (χ1v) is 11.9. The Balaban J connectivity index is 1.59. The molecule has 2 aliphatic rings. The molecule has 2 aliphatic heterocycles. The van der Waals surface area contributed by atoms with Gasteiger partial charge in [-0.1, -0.05) is 24.6 Å². The second kappa shape index (κ2) is 8.49. The number of carbonyl (C=O) groups excluding carboxylic acids is 1. The summed E-state index contributed by atoms with van der Waals surface area (Å²) in [7, 11) is -1.90. The summed E-state index contributed by atoms with van der Waals surface area (Å²) in [4.78, 5) is 15.2. The maximum Gasteiger partial charge on any atom is 0.258 e. The van der Waals surface area contributed by atoms with Crippen LogP contribution < -0.4 is 4.90 Å². The molecule has 1 saturated heterocycles. The molecule has 0 aromatic heterocycles. The second-order valence-corrected chi connectivity index (χ2v) is 9.98. The van der Waals surface area contributed by atoms with Crippen LogP contribution in [0.2, 0.25) is 0 Å². The lowest BCUT2D eigenvalue weighted by atomic mass is 9.98. The van der Waals surface area contributed by atoms with E-state index >= 15 is 0 Å². The van der Waals surface area contributed by atoms with Gasteiger partial charge in [0.05, 0.1) is 17.5 Å². The Morgan fingerprint density at radius 3 is 2.50 bits per heavy atom. The van der Waals surface area contributed by atoms with E-state index in [1.165, 1.54) is 0 Å². The number of fused-ring (bicyclic) bond motifs is 1. The molecule has 0 bridgehead atoms. The second-order valence-electron chi connectivity index (χ2n) is 8.09. The maximum atomic E-state index is 13.2. The van der Waals surface area contributed by atoms with Crippen LogP contribution in [0.1, 0.15) is 42.1 Å². The number of methoxy groups -OCH3 is 1. The van der Waals surface area contributed by atoms with E-state index in [0.29, 0.717) is 18.7 Å². The van der Waals surface area contributed by atoms with E-state index in [4.69, 9.17) is 4.74 Å². The smallest absolute Gasteiger partial charge is 0.258 e. The number of para-hydroxylation sites is 1. The van der Waals surface area contributed by atoms with E-state index in [2.05, 4.69) is 0 Å². The van der Waals surface area contributed by atoms with Crippen molar-refractivity contribution in [2.24, 2.45) is 0 Å². The highest BCUT2D eigenvalue weighted by atomic mass is 32.2. The third-order valence-corrected chi connectivity index (χ3v) is 8.17. The Kier molecular flexibility index (Phi) is 5.95. The zero-order valence-electron chi connectivity index (χ0n) is 17.5. The van der Waals surface area contributed by atoms with E-state index < -0.39 is 10.0 Å². The number of anilines is 1. The van der Waals surface area contributed by atoms with Gasteiger partial charge >= 0.3 is 0 Å². The third kappa shape index (κ3) is 3.89. The lowest BCUT2D eigenvalue weighted by Gasteiger charge is -2.34. The van der Waals surface area contributed by atoms with E-state index in [1.807, 2.05) is 31.2 Å². The van der Waals surface area contributed by atoms with E-state index in [0.717, 1.165) is 36.9 Å². The average molecular weight is 429 g/mol. The van der Waals surface area contributed by atoms with Gasteiger partial charge in [0.25, 0.3) is 5.91 Å². The highest BCUT2D eigenvalue weighted by Crippen LogP contribution is 2.30. The van der Waals surface area contributed by atoms with Gasteiger partial charge in [-0.15, -0.1) is 0 Å². The topological polar surface area (TPSA) is 66.9 Å². The monoisotopic (exact) mass is 428 g/mol. The summed E-state index contributed by atoms with van der Waals surface area (Å²) in [5, 5.41) is 0. The van der Waals surface area contributed by atoms with E-state index in [-0.39, 0.29) is 22.9 Å². The van der Waals surface area contributed by atoms with Gasteiger partial charge in [-0.05, 0) is 55.7 Å². The molecule has 0 unspecified atom stereocenters. The van der Waals surface area contributed by atoms with Gasteiger partial charge in [0, 0.05) is 37.4 Å². The van der Waals surface area contributed by atoms with Crippen molar-refractivity contribution in [2.75, 3.05) is 25.1 Å². The van der Waals surface area contributed by atoms with Crippen LogP contribution in [0, 0.1) is 0 Å². The summed E-state index contributed by atoms with van der Waals surface area (Å²) in [5.41, 5.74) is 2.42. The van der Waals surface area contributed by atoms with Crippen LogP contribution >= 0.6 is 0 Å². The molecule has 2 atom stereocenters. The van der Waals surface area contributed by atoms with Gasteiger partial charge < -0.3 is 9.64 Å². The number of hydrogen-bond acceptors (Lipinski definition) is 4. The summed E-state index contributed by atoms with van der Waals surface area (Å²) < 4.78 is 33.2. The molecule has 0 aliphatic carbocycles. The van der Waals surface area contributed by atoms with Gasteiger partial charge in [-0.3, -0.25) is 4.79 Å². The highest BCUT2D eigenvalue weighted by molar-refractivity contribution is 7.89. The minimum absolute atomic E-state index is 0.000822. The SMILES string of the molecule is CO[C@H]1Cc2ccccc2N(C(=O)c2ccc(S(=O)(=O)N3CCCC[C@@H]3C)cc2)C1. The molecule has 2 aromatic carbocycles. The Morgan fingerprint density at radius 1 is 1.07 bits per heavy atom. The van der Waals surface area contributed by atoms with Crippen LogP contribution in [0.4, 0.5) is 5.69 Å². The average Bonchev–Trinajstić information content (AvgIpc) is 2.78. The predicted octanol–water partition coefficient (Wildman–Crippen LogP) is 3.47. The van der Waals surface area contributed by atoms with Gasteiger partial charge in [-0.2, -0.15) is 4.31 Å². The molecular weight excluding hydrogens is 400 g/mol. The zero-order chi connectivity index (χ0) is 21.3. The molecule has 30 heavy (non-hydrogen) atoms. The van der Waals surface area contributed by atoms with Crippen molar-refractivity contribution in [3.05, 3.63) is 59.7 Å². The Labute approximate surface area is 178 Å². The first-order valence-electron chi connectivity index (χ1n) is 10.5. The molecule has 0 radical (unpaired) electrons. The quantitative estimate of drug-likeness (QED) is 0.748. The lowest BCUT2D eigenvalue weighted by molar-refractivity contribution is 0.0870. The fourth-order valence-corrected chi connectivity index (χ4v) is 6.10. The molecular formula is C23H28N2O4S. The highest BCUT2D eigenvalue weighted by Gasteiger charge is 2.32. The molecule has 2 aromatic rings. The van der Waals surface area contributed by atoms with Crippen LogP contribution in [0.3, 0.4) is 0 Å². The first-order chi connectivity index (χ1) is 14.4. The van der Waals surface area contributed by atoms with Crippen LogP contribution in [-0.2, 0) is 21.2 Å². The number of benzene rings is 2. The minimum Gasteiger partial charge on any atom is -0.379 e. The largest absolute Gasteiger partial charge is 0.379 e. The number of rotatable bonds is 4. The predicted molar refractivity (Wildman–Crippen MR) is 116 cm³/mol. The number of amides is 1. The van der Waals surface area contributed by atoms with Crippen molar-refractivity contribution in [3.8, 4) is 0 Å². The van der Waals surface area contributed by atoms with Crippen molar-refractivity contribution in [3.63, 3.8) is 0 Å². The maximum absolute atomic E-state index is 13.2. The van der Waals surface area contributed by atoms with Gasteiger partial charge in [0.2, 0.25) is 10.0 Å². The van der Waals surface area contributed by atoms with Crippen LogP contribution in [0.5, 0.6) is 0 Å². The Bertz CT molecular complexity index is 1020. The Morgan fingerprint density at radius 2 is 1.80 bits per heavy atom. The van der Waals surface area contributed by atoms with E-state index in [1.54, 1.807) is 40.6 Å². The molecule has 160 valence electrons. The molecule has 4 rings (SSSR count). The van der Waals surface area contributed by atoms with E-state index in [9.17, 15) is 13.2 Å². The standard InChI is InChI=1S/C23H28N2O4S/c1-17-7-5-6-14-25(17)30(27,28)21-12-10-18(11-13-21)23(26)24-16-20(29-2)15-19-8-3-4-9-22(19)24/h3-4,8-13,17,20H,5-7,14-16H2,1-2H3/t17-,20-/m0/s1. The number of carbonyl (C=O) groups is 1. The lowest BCUT2D eigenvalue weighted by Crippen LogP contribution is -2.43. The molecule has 0 N–H and O–H groups in total. The third-order valence-electron chi connectivity index (χ3n) is 6.14. The summed E-state index contributed by atoms with van der Waals surface area (Å²) >= 11 is 0. The van der Waals surface area contributed by atoms with Crippen LogP contribution in [-0.4, -0.2) is 51.0 Å². The van der Waals surface area contributed by atoms with Crippen molar-refractivity contribution in [1.29, 1.82) is 0 Å². The summed E-state index contributed by atoms with van der Waals surface area (Å²) in [5.74, 6) is -0.153. The zero-order valence-corrected chi connectivity index (χ0v) is 18.3. The summed E-state index contributed by atoms with van der Waals surface area (Å²) in [6.07, 6.45) is 3.52. The van der Waals surface area contributed by atoms with Crippen LogP contribution in [0.25, 0.3) is 0 Å². The first kappa shape index (κ1) is 21.0. The van der Waals surface area contributed by atoms with Crippen molar-refractivity contribution < 1.29 is 17.9 Å². The number of piperidine rings is 1. The molecule has 6 nitrogen and oxygen atoms in total. The molecule has 0 spiro atoms. The molecule has 2 heterocycles. The number of ether oxygens (including phenoxy) is 1. The molecule has 7 heteroatoms. The minimum atomic E-state index is -3.55. The van der Waals surface area contributed by atoms with Crippen molar-refractivity contribution >= 4 is 21.6 Å².